The van der Waals surface area contributed by atoms with E-state index in [1.165, 1.54) is 57.8 Å². The van der Waals surface area contributed by atoms with Crippen LogP contribution in [0.1, 0.15) is 181 Å². The zero-order chi connectivity index (χ0) is 40.0. The van der Waals surface area contributed by atoms with E-state index in [-0.39, 0.29) is 19.4 Å². The fraction of sp³-hybridized carbons (Fsp3) is 0.786. The summed E-state index contributed by atoms with van der Waals surface area (Å²) in [7, 11) is -4.72. The smallest absolute Gasteiger partial charge is 0.472 e. The molecule has 4 N–H and O–H groups in total. The first-order valence-electron chi connectivity index (χ1n) is 21.0. The van der Waals surface area contributed by atoms with Gasteiger partial charge in [0.2, 0.25) is 0 Å². The van der Waals surface area contributed by atoms with E-state index in [1.54, 1.807) is 0 Å². The number of allylic oxidation sites excluding steroid dienone is 6. The van der Waals surface area contributed by atoms with Gasteiger partial charge in [0.1, 0.15) is 12.6 Å². The standard InChI is InChI=1S/C42H76NO10P/c1-3-5-7-9-11-13-15-17-19-20-22-23-25-27-29-31-33-40(44)50-35-38(36-51-54(48,49)52-37-39(43)42(46)47)53-41(45)34-32-30-28-26-24-21-18-16-14-12-10-8-6-4-2/h10,12,16,18-20,38-39H,3-9,11,13-15,17,21-37,43H2,1-2H3,(H,46,47)(H,48,49)/b12-10-,18-16-,20-19-/t38-,39+/m1/s1. The predicted molar refractivity (Wildman–Crippen MR) is 217 cm³/mol. The molecule has 0 aliphatic heterocycles. The molecule has 0 fully saturated rings. The second kappa shape index (κ2) is 37.6. The number of aliphatic carboxylic acids is 1. The first-order chi connectivity index (χ1) is 26.1. The van der Waals surface area contributed by atoms with Crippen molar-refractivity contribution >= 4 is 25.7 Å². The highest BCUT2D eigenvalue weighted by molar-refractivity contribution is 7.47. The molecule has 0 amide bonds. The summed E-state index contributed by atoms with van der Waals surface area (Å²) < 4.78 is 32.6. The minimum absolute atomic E-state index is 0.143. The maximum atomic E-state index is 12.6. The molecule has 11 nitrogen and oxygen atoms in total. The largest absolute Gasteiger partial charge is 0.480 e. The Bertz CT molecular complexity index is 1060. The number of ether oxygens (including phenoxy) is 2. The van der Waals surface area contributed by atoms with Crippen molar-refractivity contribution in [2.75, 3.05) is 19.8 Å². The maximum absolute atomic E-state index is 12.6. The lowest BCUT2D eigenvalue weighted by Crippen LogP contribution is -2.34. The average Bonchev–Trinajstić information content (AvgIpc) is 3.14. The maximum Gasteiger partial charge on any atom is 0.472 e. The Morgan fingerprint density at radius 2 is 1.00 bits per heavy atom. The molecular formula is C42H76NO10P. The molecule has 0 aliphatic carbocycles. The van der Waals surface area contributed by atoms with Gasteiger partial charge >= 0.3 is 25.7 Å². The molecule has 0 saturated carbocycles. The monoisotopic (exact) mass is 786 g/mol. The molecule has 0 bridgehead atoms. The Hall–Kier alpha value is -2.30. The minimum atomic E-state index is -4.72. The molecule has 0 radical (unpaired) electrons. The number of hydrogen-bond acceptors (Lipinski definition) is 9. The lowest BCUT2D eigenvalue weighted by molar-refractivity contribution is -0.161. The normalized spacial score (nSPS) is 14.1. The molecule has 0 aromatic carbocycles. The number of carbonyl (C=O) groups excluding carboxylic acids is 2. The van der Waals surface area contributed by atoms with E-state index in [0.29, 0.717) is 12.8 Å². The zero-order valence-electron chi connectivity index (χ0n) is 33.8. The SMILES string of the molecule is CCCC/C=C\C/C=C\CCCCCCCC(=O)O[C@H](COC(=O)CCCCCCC/C=C\CCCCCCCCC)COP(=O)(O)OC[C@H](N)C(=O)O. The van der Waals surface area contributed by atoms with Crippen LogP contribution >= 0.6 is 7.82 Å². The number of hydrogen-bond donors (Lipinski definition) is 3. The van der Waals surface area contributed by atoms with Crippen LogP contribution in [0.25, 0.3) is 0 Å². The van der Waals surface area contributed by atoms with Crippen molar-refractivity contribution in [2.24, 2.45) is 5.73 Å². The van der Waals surface area contributed by atoms with Crippen LogP contribution in [0.4, 0.5) is 0 Å². The molecule has 0 aliphatic rings. The van der Waals surface area contributed by atoms with E-state index in [0.717, 1.165) is 83.5 Å². The van der Waals surface area contributed by atoms with Gasteiger partial charge in [-0.05, 0) is 64.2 Å². The zero-order valence-corrected chi connectivity index (χ0v) is 34.7. The lowest BCUT2D eigenvalue weighted by Gasteiger charge is -2.20. The third kappa shape index (κ3) is 36.7. The summed E-state index contributed by atoms with van der Waals surface area (Å²) in [6, 6.07) is -1.52. The Kier molecular flexibility index (Phi) is 36.0. The van der Waals surface area contributed by atoms with Crippen LogP contribution in [0.2, 0.25) is 0 Å². The fourth-order valence-corrected chi connectivity index (χ4v) is 6.26. The summed E-state index contributed by atoms with van der Waals surface area (Å²) in [5, 5.41) is 8.88. The van der Waals surface area contributed by atoms with E-state index < -0.39 is 51.1 Å². The fourth-order valence-electron chi connectivity index (χ4n) is 5.49. The number of unbranched alkanes of at least 4 members (excludes halogenated alkanes) is 19. The minimum Gasteiger partial charge on any atom is -0.480 e. The van der Waals surface area contributed by atoms with Gasteiger partial charge in [0.15, 0.2) is 6.10 Å². The van der Waals surface area contributed by atoms with Crippen LogP contribution in [0, 0.1) is 0 Å². The number of carboxylic acids is 1. The highest BCUT2D eigenvalue weighted by atomic mass is 31.2. The average molecular weight is 786 g/mol. The second-order valence-electron chi connectivity index (χ2n) is 14.1. The molecule has 0 heterocycles. The van der Waals surface area contributed by atoms with Gasteiger partial charge in [0.25, 0.3) is 0 Å². The molecule has 0 aromatic heterocycles. The van der Waals surface area contributed by atoms with E-state index in [4.69, 9.17) is 24.8 Å². The van der Waals surface area contributed by atoms with Crippen LogP contribution in [-0.2, 0) is 37.5 Å². The Labute approximate surface area is 327 Å². The molecule has 0 spiro atoms. The summed E-state index contributed by atoms with van der Waals surface area (Å²) in [6.07, 6.45) is 39.2. The number of phosphoric ester groups is 1. The first-order valence-corrected chi connectivity index (χ1v) is 22.5. The summed E-state index contributed by atoms with van der Waals surface area (Å²) in [6.45, 7) is 2.73. The molecule has 0 saturated heterocycles. The van der Waals surface area contributed by atoms with Crippen molar-refractivity contribution in [3.8, 4) is 0 Å². The van der Waals surface area contributed by atoms with Gasteiger partial charge in [0, 0.05) is 12.8 Å². The molecule has 0 aromatic rings. The van der Waals surface area contributed by atoms with Crippen molar-refractivity contribution in [1.82, 2.24) is 0 Å². The molecular weight excluding hydrogens is 709 g/mol. The van der Waals surface area contributed by atoms with Crippen molar-refractivity contribution < 1.29 is 47.5 Å². The summed E-state index contributed by atoms with van der Waals surface area (Å²) >= 11 is 0. The van der Waals surface area contributed by atoms with Crippen molar-refractivity contribution in [2.45, 2.75) is 193 Å². The van der Waals surface area contributed by atoms with Crippen LogP contribution < -0.4 is 5.73 Å². The van der Waals surface area contributed by atoms with Gasteiger partial charge in [-0.1, -0.05) is 140 Å². The van der Waals surface area contributed by atoms with Crippen molar-refractivity contribution in [1.29, 1.82) is 0 Å². The number of nitrogens with two attached hydrogens (primary N) is 1. The quantitative estimate of drug-likeness (QED) is 0.0234. The van der Waals surface area contributed by atoms with Gasteiger partial charge in [-0.2, -0.15) is 0 Å². The number of rotatable bonds is 39. The van der Waals surface area contributed by atoms with Crippen LogP contribution in [0.5, 0.6) is 0 Å². The topological polar surface area (TPSA) is 172 Å². The first kappa shape index (κ1) is 51.7. The third-order valence-electron chi connectivity index (χ3n) is 8.86. The van der Waals surface area contributed by atoms with E-state index in [9.17, 15) is 23.8 Å². The lowest BCUT2D eigenvalue weighted by atomic mass is 10.1. The van der Waals surface area contributed by atoms with E-state index in [1.807, 2.05) is 0 Å². The van der Waals surface area contributed by atoms with E-state index >= 15 is 0 Å². The van der Waals surface area contributed by atoms with Crippen LogP contribution in [0.3, 0.4) is 0 Å². The summed E-state index contributed by atoms with van der Waals surface area (Å²) in [5.41, 5.74) is 5.32. The number of esters is 2. The van der Waals surface area contributed by atoms with Crippen molar-refractivity contribution in [3.63, 3.8) is 0 Å². The summed E-state index contributed by atoms with van der Waals surface area (Å²) in [4.78, 5) is 45.9. The molecule has 54 heavy (non-hydrogen) atoms. The van der Waals surface area contributed by atoms with Gasteiger partial charge in [0.05, 0.1) is 13.2 Å². The highest BCUT2D eigenvalue weighted by Gasteiger charge is 2.28. The van der Waals surface area contributed by atoms with Gasteiger partial charge in [-0.3, -0.25) is 23.4 Å². The number of phosphoric acid groups is 1. The third-order valence-corrected chi connectivity index (χ3v) is 9.81. The Balaban J connectivity index is 4.41. The molecule has 314 valence electrons. The molecule has 0 rings (SSSR count). The number of carboxylic acid groups (broad SMARTS) is 1. The predicted octanol–water partition coefficient (Wildman–Crippen LogP) is 10.8. The molecule has 12 heteroatoms. The van der Waals surface area contributed by atoms with Gasteiger partial charge in [-0.25, -0.2) is 4.57 Å². The second-order valence-corrected chi connectivity index (χ2v) is 15.6. The van der Waals surface area contributed by atoms with Gasteiger partial charge < -0.3 is 25.2 Å². The Morgan fingerprint density at radius 1 is 0.574 bits per heavy atom. The van der Waals surface area contributed by atoms with Gasteiger partial charge in [-0.15, -0.1) is 0 Å². The Morgan fingerprint density at radius 3 is 1.52 bits per heavy atom. The molecule has 3 atom stereocenters. The highest BCUT2D eigenvalue weighted by Crippen LogP contribution is 2.43. The van der Waals surface area contributed by atoms with Crippen LogP contribution in [-0.4, -0.2) is 59.9 Å². The number of carbonyl (C=O) groups is 3. The van der Waals surface area contributed by atoms with Crippen LogP contribution in [0.15, 0.2) is 36.5 Å². The summed E-state index contributed by atoms with van der Waals surface area (Å²) in [5.74, 6) is -2.41. The van der Waals surface area contributed by atoms with Crippen molar-refractivity contribution in [3.05, 3.63) is 36.5 Å². The molecule has 1 unspecified atom stereocenters. The van der Waals surface area contributed by atoms with E-state index in [2.05, 4.69) is 54.8 Å².